The van der Waals surface area contributed by atoms with Gasteiger partial charge in [-0.1, -0.05) is 56.3 Å². The van der Waals surface area contributed by atoms with Crippen LogP contribution in [0.3, 0.4) is 0 Å². The Labute approximate surface area is 359 Å². The summed E-state index contributed by atoms with van der Waals surface area (Å²) < 4.78 is 0. The van der Waals surface area contributed by atoms with E-state index in [9.17, 15) is 43.8 Å². The Morgan fingerprint density at radius 2 is 1.10 bits per heavy atom. The number of carboxylic acids is 1. The van der Waals surface area contributed by atoms with Gasteiger partial charge in [0.05, 0.1) is 19.1 Å². The van der Waals surface area contributed by atoms with Gasteiger partial charge in [-0.2, -0.15) is 0 Å². The number of phenolic OH excluding ortho intramolecular Hbond substituents is 1. The molecule has 22 heteroatoms. The smallest absolute Gasteiger partial charge is 0.326 e. The van der Waals surface area contributed by atoms with E-state index in [1.54, 1.807) is 56.3 Å². The highest BCUT2D eigenvalue weighted by Crippen LogP contribution is 2.12. The normalized spacial score (nSPS) is 13.2. The zero-order valence-electron chi connectivity index (χ0n) is 34.9. The molecule has 2 aromatic rings. The van der Waals surface area contributed by atoms with Crippen molar-refractivity contribution in [3.05, 3.63) is 65.7 Å². The minimum atomic E-state index is -1.34. The lowest BCUT2D eigenvalue weighted by Crippen LogP contribution is -2.58. The molecule has 0 bridgehead atoms. The van der Waals surface area contributed by atoms with Crippen molar-refractivity contribution in [2.75, 3.05) is 26.2 Å². The second kappa shape index (κ2) is 27.0. The molecule has 0 saturated carbocycles. The number of guanidine groups is 2. The predicted octanol–water partition coefficient (Wildman–Crippen LogP) is -2.67. The van der Waals surface area contributed by atoms with Gasteiger partial charge in [0.2, 0.25) is 35.4 Å². The molecule has 0 aliphatic rings. The quantitative estimate of drug-likeness (QED) is 0.0248. The van der Waals surface area contributed by atoms with E-state index in [1.807, 2.05) is 0 Å². The highest BCUT2D eigenvalue weighted by atomic mass is 16.4. The minimum Gasteiger partial charge on any atom is -0.508 e. The molecule has 0 fully saturated rings. The summed E-state index contributed by atoms with van der Waals surface area (Å²) in [6.07, 6.45) is 0.673. The summed E-state index contributed by atoms with van der Waals surface area (Å²) in [6, 6.07) is 8.76. The molecule has 0 heterocycles. The van der Waals surface area contributed by atoms with Crippen LogP contribution in [-0.2, 0) is 46.4 Å². The van der Waals surface area contributed by atoms with Crippen molar-refractivity contribution >= 4 is 53.3 Å². The molecule has 6 amide bonds. The maximum absolute atomic E-state index is 13.9. The molecule has 18 N–H and O–H groups in total. The number of nitrogens with two attached hydrogens (primary N) is 3. The van der Waals surface area contributed by atoms with Gasteiger partial charge in [-0.25, -0.2) is 4.79 Å². The van der Waals surface area contributed by atoms with Crippen molar-refractivity contribution in [3.8, 4) is 5.75 Å². The predicted molar refractivity (Wildman–Crippen MR) is 229 cm³/mol. The summed E-state index contributed by atoms with van der Waals surface area (Å²) in [6.45, 7) is 2.90. The van der Waals surface area contributed by atoms with E-state index in [1.165, 1.54) is 12.1 Å². The first-order valence-electron chi connectivity index (χ1n) is 20.0. The van der Waals surface area contributed by atoms with Crippen molar-refractivity contribution in [1.82, 2.24) is 42.5 Å². The lowest BCUT2D eigenvalue weighted by Gasteiger charge is -2.27. The molecule has 0 spiro atoms. The van der Waals surface area contributed by atoms with Crippen LogP contribution >= 0.6 is 0 Å². The zero-order valence-corrected chi connectivity index (χ0v) is 34.9. The van der Waals surface area contributed by atoms with Gasteiger partial charge < -0.3 is 69.9 Å². The number of carboxylic acid groups (broad SMARTS) is 1. The molecule has 0 aromatic heterocycles. The lowest BCUT2D eigenvalue weighted by atomic mass is 10.00. The van der Waals surface area contributed by atoms with E-state index in [2.05, 4.69) is 42.5 Å². The summed E-state index contributed by atoms with van der Waals surface area (Å²) >= 11 is 0. The van der Waals surface area contributed by atoms with Crippen LogP contribution in [0.4, 0.5) is 0 Å². The van der Waals surface area contributed by atoms with Crippen molar-refractivity contribution in [3.63, 3.8) is 0 Å². The second-order valence-electron chi connectivity index (χ2n) is 14.9. The molecule has 0 aliphatic heterocycles. The monoisotopic (exact) mass is 867 g/mol. The summed E-state index contributed by atoms with van der Waals surface area (Å²) in [5.74, 6) is -6.43. The summed E-state index contributed by atoms with van der Waals surface area (Å²) in [4.78, 5) is 91.5. The number of benzene rings is 2. The largest absolute Gasteiger partial charge is 0.508 e. The Balaban J connectivity index is 2.15. The van der Waals surface area contributed by atoms with Crippen molar-refractivity contribution in [2.24, 2.45) is 23.1 Å². The van der Waals surface area contributed by atoms with E-state index in [0.717, 1.165) is 0 Å². The van der Waals surface area contributed by atoms with Gasteiger partial charge in [-0.3, -0.25) is 39.6 Å². The van der Waals surface area contributed by atoms with Crippen LogP contribution in [0.15, 0.2) is 54.6 Å². The van der Waals surface area contributed by atoms with Gasteiger partial charge in [-0.05, 0) is 67.7 Å². The van der Waals surface area contributed by atoms with Gasteiger partial charge >= 0.3 is 5.97 Å². The SMILES string of the molecule is CC(C)C[C@H](NC(=O)[C@H](Cc1ccccc1)NC(=O)CNC(=O)CNC(=O)[C@@H](N)Cc1ccc(O)cc1)C(=O)N[C@@H](CCCNC(=N)N)C(=O)N[C@@H](CCCNC(=N)N)C(=O)O. The molecule has 0 unspecified atom stereocenters. The summed E-state index contributed by atoms with van der Waals surface area (Å²) in [7, 11) is 0. The number of aromatic hydroxyl groups is 1. The number of amides is 6. The Bertz CT molecular complexity index is 1830. The molecule has 0 aliphatic carbocycles. The molecule has 62 heavy (non-hydrogen) atoms. The van der Waals surface area contributed by atoms with E-state index in [4.69, 9.17) is 28.0 Å². The number of hydrogen-bond acceptors (Lipinski definition) is 11. The fourth-order valence-corrected chi connectivity index (χ4v) is 5.93. The lowest BCUT2D eigenvalue weighted by molar-refractivity contribution is -0.142. The van der Waals surface area contributed by atoms with Gasteiger partial charge in [0.1, 0.15) is 29.9 Å². The van der Waals surface area contributed by atoms with Crippen LogP contribution in [0.2, 0.25) is 0 Å². The molecule has 340 valence electrons. The molecule has 2 aromatic carbocycles. The fraction of sp³-hybridized carbons (Fsp3) is 0.475. The average Bonchev–Trinajstić information content (AvgIpc) is 3.21. The number of hydrogen-bond donors (Lipinski definition) is 15. The zero-order chi connectivity index (χ0) is 46.2. The van der Waals surface area contributed by atoms with Crippen LogP contribution in [0, 0.1) is 16.7 Å². The molecule has 2 rings (SSSR count). The van der Waals surface area contributed by atoms with E-state index in [-0.39, 0.29) is 81.6 Å². The number of rotatable bonds is 27. The highest BCUT2D eigenvalue weighted by Gasteiger charge is 2.32. The van der Waals surface area contributed by atoms with Gasteiger partial charge in [0, 0.05) is 19.5 Å². The number of carbonyl (C=O) groups excluding carboxylic acids is 6. The van der Waals surface area contributed by atoms with Gasteiger partial charge in [0.15, 0.2) is 11.9 Å². The minimum absolute atomic E-state index is 0.00682. The number of aliphatic carboxylic acids is 1. The Kier molecular flexibility index (Phi) is 22.3. The maximum atomic E-state index is 13.9. The molecular formula is C40H61N13O9. The van der Waals surface area contributed by atoms with Gasteiger partial charge in [-0.15, -0.1) is 0 Å². The third-order valence-corrected chi connectivity index (χ3v) is 9.09. The number of carbonyl (C=O) groups is 7. The molecule has 0 radical (unpaired) electrons. The molecular weight excluding hydrogens is 807 g/mol. The second-order valence-corrected chi connectivity index (χ2v) is 14.9. The third-order valence-electron chi connectivity index (χ3n) is 9.09. The molecule has 22 nitrogen and oxygen atoms in total. The summed E-state index contributed by atoms with van der Waals surface area (Å²) in [5, 5.41) is 54.2. The summed E-state index contributed by atoms with van der Waals surface area (Å²) in [5.41, 5.74) is 18.0. The highest BCUT2D eigenvalue weighted by molar-refractivity contribution is 5.96. The fourth-order valence-electron chi connectivity index (χ4n) is 5.93. The Morgan fingerprint density at radius 3 is 1.66 bits per heavy atom. The van der Waals surface area contributed by atoms with E-state index < -0.39 is 84.7 Å². The standard InChI is InChI=1S/C40H61N13O9/c1-23(2)18-30(36(59)51-28(10-6-16-46-39(42)43)35(58)52-29(38(61)62)11-7-17-47-40(44)45)53-37(60)31(20-24-8-4-3-5-9-24)50-33(56)22-48-32(55)21-49-34(57)27(41)19-25-12-14-26(54)15-13-25/h3-5,8-9,12-15,23,27-31,54H,6-7,10-11,16-22,41H2,1-2H3,(H,48,55)(H,49,57)(H,50,56)(H,51,59)(H,52,58)(H,53,60)(H,61,62)(H4,42,43,46)(H4,44,45,47)/t27-,28-,29-,30-,31-/m0/s1. The van der Waals surface area contributed by atoms with Crippen molar-refractivity contribution < 1.29 is 43.8 Å². The molecule has 0 saturated heterocycles. The first kappa shape index (κ1) is 51.2. The third kappa shape index (κ3) is 20.8. The van der Waals surface area contributed by atoms with Crippen molar-refractivity contribution in [1.29, 1.82) is 10.8 Å². The van der Waals surface area contributed by atoms with Crippen LogP contribution in [0.1, 0.15) is 57.1 Å². The van der Waals surface area contributed by atoms with E-state index in [0.29, 0.717) is 11.1 Å². The van der Waals surface area contributed by atoms with Crippen LogP contribution in [-0.4, -0.2) is 120 Å². The van der Waals surface area contributed by atoms with Crippen LogP contribution in [0.25, 0.3) is 0 Å². The number of phenols is 1. The average molecular weight is 868 g/mol. The number of nitrogens with one attached hydrogen (secondary N) is 10. The van der Waals surface area contributed by atoms with E-state index >= 15 is 0 Å². The first-order chi connectivity index (χ1) is 29.3. The van der Waals surface area contributed by atoms with Gasteiger partial charge in [0.25, 0.3) is 0 Å². The maximum Gasteiger partial charge on any atom is 0.326 e. The molecule has 5 atom stereocenters. The van der Waals surface area contributed by atoms with Crippen LogP contribution in [0.5, 0.6) is 5.75 Å². The van der Waals surface area contributed by atoms with Crippen LogP contribution < -0.4 is 59.7 Å². The first-order valence-corrected chi connectivity index (χ1v) is 20.0. The Morgan fingerprint density at radius 1 is 0.597 bits per heavy atom. The van der Waals surface area contributed by atoms with Crippen molar-refractivity contribution in [2.45, 2.75) is 89.0 Å². The topological polar surface area (TPSA) is 382 Å². The Hall–Kier alpha value is -6.97.